The van der Waals surface area contributed by atoms with Gasteiger partial charge in [-0.25, -0.2) is 8.78 Å². The number of phenolic OH excluding ortho intramolecular Hbond substituents is 1. The highest BCUT2D eigenvalue weighted by molar-refractivity contribution is 5.98. The quantitative estimate of drug-likeness (QED) is 0.101. The summed E-state index contributed by atoms with van der Waals surface area (Å²) in [5.74, 6) is -1.69. The lowest BCUT2D eigenvalue weighted by atomic mass is 10.1. The molecular weight excluding hydrogens is 820 g/mol. The standard InChI is InChI=1S/C20H18F5N3O4.C18H16F3N3O4/c21-18(22)12-32-17-6-5-15(28(30)31)11-16(17)19(29)27-9-7-26(8-10-27)14-3-1-13(2-4-14)20(23,24)25;19-18(20,21)12-1-3-13(4-2-12)22-7-9-23(10-8-22)17(26)15-11-14(24(27)28)5-6-16(15)25/h1-6,11,18H,7-10,12H2;1-6,11,25H,7-10H2. The van der Waals surface area contributed by atoms with E-state index in [0.29, 0.717) is 37.6 Å². The van der Waals surface area contributed by atoms with Crippen LogP contribution in [0.4, 0.5) is 57.9 Å². The number of ether oxygens (including phenoxy) is 1. The first-order valence-corrected chi connectivity index (χ1v) is 17.8. The SMILES string of the molecule is O=C(c1cc([N+](=O)[O-])ccc1O)N1CCN(c2ccc(C(F)(F)F)cc2)CC1.O=C(c1cc([N+](=O)[O-])ccc1OCC(F)F)N1CCN(c2ccc(C(F)(F)F)cc2)CC1. The number of hydrogen-bond acceptors (Lipinski definition) is 10. The molecule has 6 rings (SSSR count). The minimum Gasteiger partial charge on any atom is -0.507 e. The highest BCUT2D eigenvalue weighted by Crippen LogP contribution is 2.33. The van der Waals surface area contributed by atoms with Crippen LogP contribution < -0.4 is 14.5 Å². The van der Waals surface area contributed by atoms with Gasteiger partial charge in [-0.3, -0.25) is 29.8 Å². The molecule has 14 nitrogen and oxygen atoms in total. The summed E-state index contributed by atoms with van der Waals surface area (Å²) in [5.41, 5.74) is -1.38. The first-order valence-electron chi connectivity index (χ1n) is 17.8. The summed E-state index contributed by atoms with van der Waals surface area (Å²) in [6.07, 6.45) is -11.6. The monoisotopic (exact) mass is 854 g/mol. The van der Waals surface area contributed by atoms with Crippen LogP contribution in [0.15, 0.2) is 84.9 Å². The molecule has 2 amide bonds. The Labute approximate surface area is 335 Å². The van der Waals surface area contributed by atoms with Crippen molar-refractivity contribution in [2.45, 2.75) is 18.8 Å². The van der Waals surface area contributed by atoms with Gasteiger partial charge < -0.3 is 29.4 Å². The molecule has 2 heterocycles. The Morgan fingerprint density at radius 3 is 1.38 bits per heavy atom. The smallest absolute Gasteiger partial charge is 0.416 e. The molecule has 4 aromatic carbocycles. The van der Waals surface area contributed by atoms with Crippen molar-refractivity contribution in [3.05, 3.63) is 127 Å². The molecule has 0 saturated carbocycles. The van der Waals surface area contributed by atoms with Crippen molar-refractivity contribution in [1.29, 1.82) is 0 Å². The lowest BCUT2D eigenvalue weighted by Gasteiger charge is -2.36. The van der Waals surface area contributed by atoms with Crippen molar-refractivity contribution in [3.8, 4) is 11.5 Å². The van der Waals surface area contributed by atoms with Crippen molar-refractivity contribution >= 4 is 34.6 Å². The molecule has 2 aliphatic rings. The Kier molecular flexibility index (Phi) is 13.6. The summed E-state index contributed by atoms with van der Waals surface area (Å²) in [7, 11) is 0. The van der Waals surface area contributed by atoms with Crippen LogP contribution in [0.3, 0.4) is 0 Å². The van der Waals surface area contributed by atoms with E-state index >= 15 is 0 Å². The van der Waals surface area contributed by atoms with Crippen LogP contribution in [0.25, 0.3) is 0 Å². The molecule has 22 heteroatoms. The van der Waals surface area contributed by atoms with Gasteiger partial charge in [-0.15, -0.1) is 0 Å². The Bertz CT molecular complexity index is 2170. The van der Waals surface area contributed by atoms with Crippen LogP contribution in [-0.2, 0) is 12.4 Å². The molecule has 0 aromatic heterocycles. The van der Waals surface area contributed by atoms with Gasteiger partial charge >= 0.3 is 12.4 Å². The number of nitro benzene ring substituents is 2. The van der Waals surface area contributed by atoms with E-state index in [1.807, 2.05) is 4.90 Å². The molecule has 0 spiro atoms. The number of piperazine rings is 2. The van der Waals surface area contributed by atoms with Crippen LogP contribution in [0.2, 0.25) is 0 Å². The van der Waals surface area contributed by atoms with Gasteiger partial charge in [0.15, 0.2) is 0 Å². The molecule has 0 unspecified atom stereocenters. The van der Waals surface area contributed by atoms with E-state index in [4.69, 9.17) is 4.74 Å². The van der Waals surface area contributed by atoms with Gasteiger partial charge in [0.2, 0.25) is 0 Å². The number of alkyl halides is 8. The van der Waals surface area contributed by atoms with Crippen LogP contribution in [0, 0.1) is 20.2 Å². The summed E-state index contributed by atoms with van der Waals surface area (Å²) in [4.78, 5) is 52.6. The average Bonchev–Trinajstić information content (AvgIpc) is 3.22. The summed E-state index contributed by atoms with van der Waals surface area (Å²) in [5, 5.41) is 31.8. The zero-order chi connectivity index (χ0) is 43.9. The van der Waals surface area contributed by atoms with Crippen molar-refractivity contribution in [2.24, 2.45) is 0 Å². The summed E-state index contributed by atoms with van der Waals surface area (Å²) in [6.45, 7) is 1.29. The zero-order valence-electron chi connectivity index (χ0n) is 31.0. The Morgan fingerprint density at radius 1 is 0.617 bits per heavy atom. The number of hydrogen-bond donors (Lipinski definition) is 1. The van der Waals surface area contributed by atoms with E-state index < -0.39 is 58.2 Å². The highest BCUT2D eigenvalue weighted by atomic mass is 19.4. The van der Waals surface area contributed by atoms with Gasteiger partial charge in [0.25, 0.3) is 29.6 Å². The van der Waals surface area contributed by atoms with E-state index in [9.17, 15) is 70.0 Å². The van der Waals surface area contributed by atoms with E-state index in [1.54, 1.807) is 4.90 Å². The number of halogens is 8. The maximum atomic E-state index is 12.9. The first kappa shape index (κ1) is 44.4. The first-order chi connectivity index (χ1) is 28.2. The number of aromatic hydroxyl groups is 1. The predicted octanol–water partition coefficient (Wildman–Crippen LogP) is 7.50. The molecule has 60 heavy (non-hydrogen) atoms. The van der Waals surface area contributed by atoms with E-state index in [1.165, 1.54) is 34.1 Å². The molecule has 0 bridgehead atoms. The largest absolute Gasteiger partial charge is 0.507 e. The number of non-ortho nitro benzene ring substituents is 2. The molecule has 0 atom stereocenters. The molecule has 1 N–H and O–H groups in total. The predicted molar refractivity (Wildman–Crippen MR) is 198 cm³/mol. The van der Waals surface area contributed by atoms with Crippen molar-refractivity contribution in [2.75, 3.05) is 68.8 Å². The Hall–Kier alpha value is -6.74. The molecule has 2 saturated heterocycles. The van der Waals surface area contributed by atoms with Crippen LogP contribution >= 0.6 is 0 Å². The minimum atomic E-state index is -4.44. The number of phenols is 1. The maximum absolute atomic E-state index is 12.9. The minimum absolute atomic E-state index is 0.155. The summed E-state index contributed by atoms with van der Waals surface area (Å²) < 4.78 is 106. The number of carbonyl (C=O) groups is 2. The fourth-order valence-electron chi connectivity index (χ4n) is 6.28. The molecule has 0 aliphatic carbocycles. The summed E-state index contributed by atoms with van der Waals surface area (Å²) >= 11 is 0. The normalized spacial score (nSPS) is 14.7. The number of rotatable bonds is 9. The van der Waals surface area contributed by atoms with Crippen LogP contribution in [0.1, 0.15) is 31.8 Å². The lowest BCUT2D eigenvalue weighted by molar-refractivity contribution is -0.385. The van der Waals surface area contributed by atoms with E-state index in [0.717, 1.165) is 60.7 Å². The van der Waals surface area contributed by atoms with Crippen molar-refractivity contribution < 1.29 is 64.4 Å². The molecule has 2 fully saturated rings. The van der Waals surface area contributed by atoms with Gasteiger partial charge in [0.05, 0.1) is 32.1 Å². The molecule has 0 radical (unpaired) electrons. The third-order valence-electron chi connectivity index (χ3n) is 9.44. The van der Waals surface area contributed by atoms with Gasteiger partial charge in [-0.05, 0) is 60.7 Å². The van der Waals surface area contributed by atoms with E-state index in [2.05, 4.69) is 0 Å². The van der Waals surface area contributed by atoms with Gasteiger partial charge in [0, 0.05) is 88.0 Å². The fourth-order valence-corrected chi connectivity index (χ4v) is 6.28. The third kappa shape index (κ3) is 11.0. The van der Waals surface area contributed by atoms with Crippen molar-refractivity contribution in [3.63, 3.8) is 0 Å². The lowest BCUT2D eigenvalue weighted by Crippen LogP contribution is -2.48. The Balaban J connectivity index is 0.000000230. The number of benzene rings is 4. The fraction of sp³-hybridized carbons (Fsp3) is 0.316. The highest BCUT2D eigenvalue weighted by Gasteiger charge is 2.33. The van der Waals surface area contributed by atoms with Gasteiger partial charge in [-0.2, -0.15) is 26.3 Å². The van der Waals surface area contributed by atoms with Crippen LogP contribution in [-0.4, -0.2) is 102 Å². The van der Waals surface area contributed by atoms with Gasteiger partial charge in [0.1, 0.15) is 18.1 Å². The number of nitro groups is 2. The zero-order valence-corrected chi connectivity index (χ0v) is 31.0. The molecule has 4 aromatic rings. The maximum Gasteiger partial charge on any atom is 0.416 e. The topological polar surface area (TPSA) is 163 Å². The summed E-state index contributed by atoms with van der Waals surface area (Å²) in [6, 6.07) is 15.8. The molecule has 2 aliphatic heterocycles. The second kappa shape index (κ2) is 18.5. The number of amides is 2. The second-order valence-corrected chi connectivity index (χ2v) is 13.2. The van der Waals surface area contributed by atoms with E-state index in [-0.39, 0.29) is 60.2 Å². The second-order valence-electron chi connectivity index (χ2n) is 13.2. The van der Waals surface area contributed by atoms with Crippen LogP contribution in [0.5, 0.6) is 11.5 Å². The van der Waals surface area contributed by atoms with Crippen molar-refractivity contribution in [1.82, 2.24) is 9.80 Å². The number of carbonyl (C=O) groups excluding carboxylic acids is 2. The number of nitrogens with zero attached hydrogens (tertiary/aromatic N) is 6. The molecular formula is C38H34F8N6O8. The number of anilines is 2. The van der Waals surface area contributed by atoms with Gasteiger partial charge in [-0.1, -0.05) is 0 Å². The Morgan fingerprint density at radius 2 is 1.00 bits per heavy atom. The third-order valence-corrected chi connectivity index (χ3v) is 9.44. The average molecular weight is 855 g/mol. The molecule has 320 valence electrons.